The zero-order chi connectivity index (χ0) is 71.4. The molecule has 530 valence electrons. The molecular weight excluding hydrogens is 1330 g/mol. The van der Waals surface area contributed by atoms with Crippen LogP contribution in [0, 0.1) is 11.8 Å². The van der Waals surface area contributed by atoms with Gasteiger partial charge in [-0.1, -0.05) is 169 Å². The van der Waals surface area contributed by atoms with Crippen molar-refractivity contribution in [1.82, 2.24) is 45.8 Å². The molecule has 7 rings (SSSR count). The molecule has 5 aromatic carbocycles. The van der Waals surface area contributed by atoms with Crippen LogP contribution in [0.15, 0.2) is 168 Å². The summed E-state index contributed by atoms with van der Waals surface area (Å²) in [5.41, 5.74) is 12.1. The summed E-state index contributed by atoms with van der Waals surface area (Å²) in [5.74, 6) is -1.39. The fourth-order valence-corrected chi connectivity index (χ4v) is 14.2. The van der Waals surface area contributed by atoms with E-state index in [4.69, 9.17) is 19.7 Å². The van der Waals surface area contributed by atoms with E-state index in [0.29, 0.717) is 43.8 Å². The number of aromatic nitrogens is 2. The molecule has 0 aliphatic rings. The zero-order valence-corrected chi connectivity index (χ0v) is 59.9. The lowest BCUT2D eigenvalue weighted by Gasteiger charge is -2.32. The third kappa shape index (κ3) is 26.3. The van der Waals surface area contributed by atoms with E-state index in [0.717, 1.165) is 37.8 Å². The number of benzene rings is 5. The number of nitrogens with zero attached hydrogens (tertiary/aromatic N) is 4. The Bertz CT molecular complexity index is 3670. The van der Waals surface area contributed by atoms with Crippen LogP contribution in [0.2, 0.25) is 0 Å². The van der Waals surface area contributed by atoms with Crippen LogP contribution in [-0.2, 0) is 64.2 Å². The zero-order valence-electron chi connectivity index (χ0n) is 56.5. The number of hydrogen-bond donors (Lipinski definition) is 9. The van der Waals surface area contributed by atoms with Gasteiger partial charge < -0.3 is 61.6 Å². The molecule has 0 bridgehead atoms. The summed E-state index contributed by atoms with van der Waals surface area (Å²) >= 11 is 2.95. The molecule has 2 aromatic heterocycles. The summed E-state index contributed by atoms with van der Waals surface area (Å²) in [4.78, 5) is 95.8. The maximum absolute atomic E-state index is 13.9. The number of urea groups is 1. The van der Waals surface area contributed by atoms with E-state index in [9.17, 15) is 51.8 Å². The number of nitrogens with two attached hydrogens (primary N) is 1. The van der Waals surface area contributed by atoms with Crippen LogP contribution >= 0.6 is 30.5 Å². The fourth-order valence-electron chi connectivity index (χ4n) is 10.7. The molecule has 0 unspecified atom stereocenters. The van der Waals surface area contributed by atoms with E-state index >= 15 is 0 Å². The minimum Gasteiger partial charge on any atom is -0.453 e. The van der Waals surface area contributed by atoms with Crippen LogP contribution in [0.1, 0.15) is 117 Å². The first kappa shape index (κ1) is 78.9. The Morgan fingerprint density at radius 3 is 1.84 bits per heavy atom. The maximum atomic E-state index is 13.9. The van der Waals surface area contributed by atoms with Gasteiger partial charge in [0.05, 0.1) is 58.4 Å². The highest BCUT2D eigenvalue weighted by molar-refractivity contribution is 7.89. The number of alkyl carbamates (subject to hydrolysis) is 2. The molecule has 2 heterocycles. The quantitative estimate of drug-likeness (QED) is 0.0101. The number of rotatable bonds is 35. The van der Waals surface area contributed by atoms with E-state index < -0.39 is 84.8 Å². The Kier molecular flexibility index (Phi) is 31.8. The molecule has 10 N–H and O–H groups in total. The number of methoxy groups -OCH3 is 1. The second kappa shape index (κ2) is 39.5. The number of carbonyl (C=O) groups excluding carboxylic acids is 5. The molecule has 0 saturated carbocycles. The monoisotopic (exact) mass is 1420 g/mol. The highest BCUT2D eigenvalue weighted by Gasteiger charge is 2.36. The molecule has 7 aromatic rings. The van der Waals surface area contributed by atoms with Gasteiger partial charge >= 0.3 is 26.0 Å². The SMILES string of the molecule is CC(C)c1nc(CN(C)C(=O)N[C@H](C(=O)N[C@@H](Cc2ccccc2)C[C@H](O)[C@H](Cc2ccccc2)NC(=O)OCc2cncs2)C(C)C)cs1.COC(=O)N[C@H](C(=O)NCCCC[C@@H](COP(=O)(O)O)N(CC(C)C)S(=O)(=O)c1ccc(N)cc1)C(c1ccccc1)c1ccccc1. The predicted octanol–water partition coefficient (Wildman–Crippen LogP) is 10.1. The largest absolute Gasteiger partial charge is 0.469 e. The number of amides is 6. The van der Waals surface area contributed by atoms with Gasteiger partial charge in [-0.2, -0.15) is 4.31 Å². The van der Waals surface area contributed by atoms with E-state index in [-0.39, 0.29) is 61.2 Å². The van der Waals surface area contributed by atoms with E-state index in [1.54, 1.807) is 30.1 Å². The lowest BCUT2D eigenvalue weighted by molar-refractivity contribution is -0.125. The van der Waals surface area contributed by atoms with Crippen LogP contribution in [0.4, 0.5) is 20.1 Å². The maximum Gasteiger partial charge on any atom is 0.469 e. The second-order valence-corrected chi connectivity index (χ2v) is 29.7. The average molecular weight is 1430 g/mol. The number of hydrogen-bond acceptors (Lipinski definition) is 17. The molecule has 6 amide bonds. The third-order valence-corrected chi connectivity index (χ3v) is 20.0. The van der Waals surface area contributed by atoms with Gasteiger partial charge in [0.1, 0.15) is 18.7 Å². The summed E-state index contributed by atoms with van der Waals surface area (Å²) in [6.45, 7) is 11.6. The number of ether oxygens (including phenoxy) is 2. The molecule has 0 radical (unpaired) electrons. The van der Waals surface area contributed by atoms with E-state index in [1.807, 2.05) is 154 Å². The molecule has 0 fully saturated rings. The van der Waals surface area contributed by atoms with Crippen LogP contribution in [0.3, 0.4) is 0 Å². The number of aliphatic hydroxyl groups is 1. The summed E-state index contributed by atoms with van der Waals surface area (Å²) in [6, 6.07) is 39.1. The predicted molar refractivity (Wildman–Crippen MR) is 379 cm³/mol. The average Bonchev–Trinajstić information content (AvgIpc) is 0.976. The second-order valence-electron chi connectivity index (χ2n) is 24.7. The number of aliphatic hydroxyl groups excluding tert-OH is 1. The molecule has 24 nitrogen and oxygen atoms in total. The van der Waals surface area contributed by atoms with Crippen LogP contribution in [0.5, 0.6) is 0 Å². The van der Waals surface area contributed by atoms with Gasteiger partial charge in [-0.25, -0.2) is 32.4 Å². The Labute approximate surface area is 582 Å². The standard InChI is InChI=1S/C37H48N6O5S2.C33H45N4O9PS/c1-24(2)33(42-36(46)43(5)20-29-22-49-35(40-29)25(3)4)34(45)39-28(16-26-12-8-6-9-13-26)18-32(44)31(17-27-14-10-7-11-15-27)41-37(47)48-21-30-19-38-23-50-30;1-24(2)22-37(48(43,44)29-19-17-27(34)18-20-29)28(23-46-47(40,41)42)16-10-11-21-35-32(38)31(36-33(39)45-3)30(25-12-6-4-7-13-25)26-14-8-5-9-15-26/h6-15,19,22-25,28,31-33,44H,16-18,20-21H2,1-5H3,(H,39,45)(H,41,47)(H,42,46);4-9,12-15,17-20,24,28,30-31H,10-11,16,21-23,34H2,1-3H3,(H,35,38)(H,36,39)(H2,40,41,42)/t28-,31-,32-,33-;28-,31-/m00/s1. The van der Waals surface area contributed by atoms with Crippen molar-refractivity contribution in [2.24, 2.45) is 11.8 Å². The molecule has 28 heteroatoms. The van der Waals surface area contributed by atoms with Crippen molar-refractivity contribution in [1.29, 1.82) is 0 Å². The third-order valence-electron chi connectivity index (χ3n) is 15.7. The molecule has 0 saturated heterocycles. The van der Waals surface area contributed by atoms with Crippen molar-refractivity contribution in [2.45, 2.75) is 146 Å². The fraction of sp³-hybridized carbons (Fsp3) is 0.414. The number of anilines is 1. The number of unbranched alkanes of at least 4 members (excludes halogenated alkanes) is 1. The lowest BCUT2D eigenvalue weighted by Crippen LogP contribution is -2.55. The molecule has 0 spiro atoms. The summed E-state index contributed by atoms with van der Waals surface area (Å²) in [7, 11) is -6.12. The van der Waals surface area contributed by atoms with Crippen LogP contribution in [-0.4, -0.2) is 143 Å². The van der Waals surface area contributed by atoms with E-state index in [1.165, 1.54) is 51.9 Å². The number of sulfonamides is 1. The van der Waals surface area contributed by atoms with Crippen LogP contribution in [0.25, 0.3) is 0 Å². The number of thiazole rings is 2. The first-order valence-corrected chi connectivity index (χ1v) is 37.1. The topological polar surface area (TPSA) is 343 Å². The summed E-state index contributed by atoms with van der Waals surface area (Å²) in [6.07, 6.45) is 1.01. The van der Waals surface area contributed by atoms with Gasteiger partial charge in [-0.05, 0) is 90.5 Å². The number of carbonyl (C=O) groups is 5. The summed E-state index contributed by atoms with van der Waals surface area (Å²) in [5, 5.41) is 29.0. The van der Waals surface area contributed by atoms with E-state index in [2.05, 4.69) is 50.4 Å². The van der Waals surface area contributed by atoms with Crippen molar-refractivity contribution in [3.8, 4) is 0 Å². The molecule has 98 heavy (non-hydrogen) atoms. The highest BCUT2D eigenvalue weighted by atomic mass is 32.2. The number of nitrogen functional groups attached to an aromatic ring is 1. The molecule has 0 aliphatic heterocycles. The normalized spacial score (nSPS) is 13.5. The number of phosphoric acid groups is 1. The van der Waals surface area contributed by atoms with Crippen molar-refractivity contribution >= 4 is 76.2 Å². The van der Waals surface area contributed by atoms with Gasteiger partial charge in [-0.15, -0.1) is 22.7 Å². The van der Waals surface area contributed by atoms with Gasteiger partial charge in [0.2, 0.25) is 21.8 Å². The van der Waals surface area contributed by atoms with Gasteiger partial charge in [-0.3, -0.25) is 19.1 Å². The number of phosphoric ester groups is 1. The Morgan fingerprint density at radius 2 is 1.31 bits per heavy atom. The lowest BCUT2D eigenvalue weighted by atomic mass is 9.84. The van der Waals surface area contributed by atoms with Crippen molar-refractivity contribution < 1.29 is 65.8 Å². The number of nitrogens with one attached hydrogen (secondary N) is 5. The highest BCUT2D eigenvalue weighted by Crippen LogP contribution is 2.37. The van der Waals surface area contributed by atoms with Crippen molar-refractivity contribution in [3.63, 3.8) is 0 Å². The first-order chi connectivity index (χ1) is 46.7. The van der Waals surface area contributed by atoms with Gasteiger partial charge in [0, 0.05) is 61.3 Å². The molecule has 6 atom stereocenters. The van der Waals surface area contributed by atoms with Crippen LogP contribution < -0.4 is 32.3 Å². The van der Waals surface area contributed by atoms with Gasteiger partial charge in [0.15, 0.2) is 0 Å². The Hall–Kier alpha value is -8.11. The smallest absolute Gasteiger partial charge is 0.453 e. The molecule has 0 aliphatic carbocycles. The van der Waals surface area contributed by atoms with Crippen molar-refractivity contribution in [2.75, 3.05) is 39.6 Å². The Morgan fingerprint density at radius 1 is 0.714 bits per heavy atom. The Balaban J connectivity index is 0.000000310. The minimum absolute atomic E-state index is 0.0127. The minimum atomic E-state index is -4.91. The van der Waals surface area contributed by atoms with Gasteiger partial charge in [0.25, 0.3) is 0 Å². The summed E-state index contributed by atoms with van der Waals surface area (Å²) < 4.78 is 55.4. The molecular formula is C70H93N10O14PS3. The van der Waals surface area contributed by atoms with Crippen molar-refractivity contribution in [3.05, 3.63) is 201 Å². The first-order valence-electron chi connectivity index (χ1n) is 32.3.